The highest BCUT2D eigenvalue weighted by Crippen LogP contribution is 2.23. The van der Waals surface area contributed by atoms with Crippen molar-refractivity contribution in [2.75, 3.05) is 5.32 Å². The fourth-order valence-electron chi connectivity index (χ4n) is 1.64. The number of anilines is 1. The van der Waals surface area contributed by atoms with Crippen molar-refractivity contribution in [3.63, 3.8) is 0 Å². The van der Waals surface area contributed by atoms with E-state index < -0.39 is 0 Å². The van der Waals surface area contributed by atoms with Crippen LogP contribution in [0.25, 0.3) is 0 Å². The number of hydrogen-bond donors (Lipinski definition) is 1. The Labute approximate surface area is 104 Å². The minimum absolute atomic E-state index is 0.839. The zero-order valence-corrected chi connectivity index (χ0v) is 11.1. The van der Waals surface area contributed by atoms with Gasteiger partial charge in [-0.15, -0.1) is 0 Å². The number of nitrogens with zero attached hydrogens (tertiary/aromatic N) is 1. The molecule has 2 aromatic rings. The van der Waals surface area contributed by atoms with Gasteiger partial charge in [0, 0.05) is 29.1 Å². The van der Waals surface area contributed by atoms with Crippen LogP contribution in [0.15, 0.2) is 41.0 Å². The van der Waals surface area contributed by atoms with Crippen LogP contribution in [0.2, 0.25) is 0 Å². The lowest BCUT2D eigenvalue weighted by Gasteiger charge is -2.10. The Morgan fingerprint density at radius 1 is 1.31 bits per heavy atom. The van der Waals surface area contributed by atoms with Gasteiger partial charge in [0.25, 0.3) is 0 Å². The summed E-state index contributed by atoms with van der Waals surface area (Å²) in [5.74, 6) is 0. The molecule has 0 aliphatic carbocycles. The quantitative estimate of drug-likeness (QED) is 0.906. The second-order valence-electron chi connectivity index (χ2n) is 3.95. The molecule has 0 amide bonds. The molecule has 0 bridgehead atoms. The molecule has 1 aromatic carbocycles. The molecule has 1 heterocycles. The fraction of sp³-hybridized carbons (Fsp3) is 0.231. The molecule has 2 nitrogen and oxygen atoms in total. The molecule has 0 unspecified atom stereocenters. The molecule has 0 saturated heterocycles. The van der Waals surface area contributed by atoms with Gasteiger partial charge in [-0.2, -0.15) is 0 Å². The highest BCUT2D eigenvalue weighted by molar-refractivity contribution is 9.10. The minimum Gasteiger partial charge on any atom is -0.379 e. The first-order valence-electron chi connectivity index (χ1n) is 5.27. The molecule has 0 saturated carbocycles. The van der Waals surface area contributed by atoms with E-state index in [2.05, 4.69) is 76.3 Å². The predicted octanol–water partition coefficient (Wildman–Crippen LogP) is 3.71. The molecule has 0 aliphatic rings. The zero-order valence-electron chi connectivity index (χ0n) is 9.50. The van der Waals surface area contributed by atoms with Crippen LogP contribution in [0, 0.1) is 6.92 Å². The molecular formula is C13H15BrN2. The van der Waals surface area contributed by atoms with Crippen molar-refractivity contribution in [2.45, 2.75) is 13.5 Å². The van der Waals surface area contributed by atoms with E-state index in [-0.39, 0.29) is 0 Å². The molecule has 84 valence electrons. The van der Waals surface area contributed by atoms with Crippen molar-refractivity contribution in [2.24, 2.45) is 7.05 Å². The Morgan fingerprint density at radius 3 is 2.81 bits per heavy atom. The lowest BCUT2D eigenvalue weighted by atomic mass is 10.2. The Kier molecular flexibility index (Phi) is 3.34. The van der Waals surface area contributed by atoms with Gasteiger partial charge < -0.3 is 9.88 Å². The summed E-state index contributed by atoms with van der Waals surface area (Å²) in [6, 6.07) is 10.5. The van der Waals surface area contributed by atoms with E-state index in [1.54, 1.807) is 0 Å². The van der Waals surface area contributed by atoms with E-state index in [1.807, 2.05) is 0 Å². The van der Waals surface area contributed by atoms with Crippen molar-refractivity contribution < 1.29 is 0 Å². The van der Waals surface area contributed by atoms with Crippen molar-refractivity contribution in [3.05, 3.63) is 52.3 Å². The predicted molar refractivity (Wildman–Crippen MR) is 71.6 cm³/mol. The first-order chi connectivity index (χ1) is 7.66. The minimum atomic E-state index is 0.839. The molecule has 3 heteroatoms. The van der Waals surface area contributed by atoms with Crippen LogP contribution in [0.4, 0.5) is 5.69 Å². The molecular weight excluding hydrogens is 264 g/mol. The van der Waals surface area contributed by atoms with Crippen molar-refractivity contribution >= 4 is 21.6 Å². The second-order valence-corrected chi connectivity index (χ2v) is 4.80. The molecule has 0 radical (unpaired) electrons. The van der Waals surface area contributed by atoms with Crippen molar-refractivity contribution in [1.29, 1.82) is 0 Å². The highest BCUT2D eigenvalue weighted by atomic mass is 79.9. The number of aromatic nitrogens is 1. The van der Waals surface area contributed by atoms with Gasteiger partial charge in [-0.3, -0.25) is 0 Å². The standard InChI is InChI=1S/C13H15BrN2/c1-10-5-6-12(14)13(8-10)15-9-11-4-3-7-16(11)2/h3-8,15H,9H2,1-2H3. The maximum absolute atomic E-state index is 3.54. The molecule has 0 spiro atoms. The summed E-state index contributed by atoms with van der Waals surface area (Å²) in [6.07, 6.45) is 2.06. The van der Waals surface area contributed by atoms with Crippen LogP contribution in [0.5, 0.6) is 0 Å². The first-order valence-corrected chi connectivity index (χ1v) is 6.06. The normalized spacial score (nSPS) is 10.4. The summed E-state index contributed by atoms with van der Waals surface area (Å²) in [4.78, 5) is 0. The molecule has 1 N–H and O–H groups in total. The third-order valence-electron chi connectivity index (χ3n) is 2.63. The fourth-order valence-corrected chi connectivity index (χ4v) is 2.03. The first kappa shape index (κ1) is 11.3. The third-order valence-corrected chi connectivity index (χ3v) is 3.32. The molecule has 1 aromatic heterocycles. The molecule has 16 heavy (non-hydrogen) atoms. The van der Waals surface area contributed by atoms with Gasteiger partial charge in [0.1, 0.15) is 0 Å². The van der Waals surface area contributed by atoms with E-state index in [1.165, 1.54) is 11.3 Å². The smallest absolute Gasteiger partial charge is 0.0553 e. The van der Waals surface area contributed by atoms with E-state index in [4.69, 9.17) is 0 Å². The Balaban J connectivity index is 2.10. The maximum atomic E-state index is 3.54. The van der Waals surface area contributed by atoms with E-state index in [0.29, 0.717) is 0 Å². The van der Waals surface area contributed by atoms with Crippen LogP contribution in [0.1, 0.15) is 11.3 Å². The van der Waals surface area contributed by atoms with Gasteiger partial charge in [0.2, 0.25) is 0 Å². The van der Waals surface area contributed by atoms with Gasteiger partial charge in [0.15, 0.2) is 0 Å². The topological polar surface area (TPSA) is 17.0 Å². The lowest BCUT2D eigenvalue weighted by Crippen LogP contribution is -2.04. The number of hydrogen-bond acceptors (Lipinski definition) is 1. The summed E-state index contributed by atoms with van der Waals surface area (Å²) in [6.45, 7) is 2.94. The lowest BCUT2D eigenvalue weighted by molar-refractivity contribution is 0.842. The van der Waals surface area contributed by atoms with Gasteiger partial charge >= 0.3 is 0 Å². The molecule has 0 atom stereocenters. The second kappa shape index (κ2) is 4.74. The summed E-state index contributed by atoms with van der Waals surface area (Å²) in [5.41, 5.74) is 3.67. The van der Waals surface area contributed by atoms with Crippen molar-refractivity contribution in [1.82, 2.24) is 4.57 Å². The van der Waals surface area contributed by atoms with E-state index in [0.717, 1.165) is 16.7 Å². The SMILES string of the molecule is Cc1ccc(Br)c(NCc2cccn2C)c1. The monoisotopic (exact) mass is 278 g/mol. The number of benzene rings is 1. The maximum Gasteiger partial charge on any atom is 0.0553 e. The largest absolute Gasteiger partial charge is 0.379 e. The third kappa shape index (κ3) is 2.47. The average Bonchev–Trinajstić information content (AvgIpc) is 2.66. The molecule has 0 aliphatic heterocycles. The highest BCUT2D eigenvalue weighted by Gasteiger charge is 2.01. The number of rotatable bonds is 3. The number of aryl methyl sites for hydroxylation is 2. The summed E-state index contributed by atoms with van der Waals surface area (Å²) in [5, 5.41) is 3.43. The van der Waals surface area contributed by atoms with Crippen LogP contribution in [-0.4, -0.2) is 4.57 Å². The average molecular weight is 279 g/mol. The van der Waals surface area contributed by atoms with E-state index >= 15 is 0 Å². The van der Waals surface area contributed by atoms with E-state index in [9.17, 15) is 0 Å². The van der Waals surface area contributed by atoms with Crippen LogP contribution >= 0.6 is 15.9 Å². The van der Waals surface area contributed by atoms with Crippen molar-refractivity contribution in [3.8, 4) is 0 Å². The van der Waals surface area contributed by atoms with Crippen LogP contribution in [0.3, 0.4) is 0 Å². The summed E-state index contributed by atoms with van der Waals surface area (Å²) in [7, 11) is 2.06. The Bertz CT molecular complexity index is 488. The molecule has 0 fully saturated rings. The van der Waals surface area contributed by atoms with Gasteiger partial charge in [0.05, 0.1) is 6.54 Å². The Morgan fingerprint density at radius 2 is 2.12 bits per heavy atom. The molecule has 2 rings (SSSR count). The van der Waals surface area contributed by atoms with Crippen LogP contribution in [-0.2, 0) is 13.6 Å². The summed E-state index contributed by atoms with van der Waals surface area (Å²) < 4.78 is 3.23. The van der Waals surface area contributed by atoms with Crippen LogP contribution < -0.4 is 5.32 Å². The van der Waals surface area contributed by atoms with Gasteiger partial charge in [-0.05, 0) is 52.7 Å². The van der Waals surface area contributed by atoms with Gasteiger partial charge in [-0.1, -0.05) is 6.07 Å². The number of halogens is 1. The summed E-state index contributed by atoms with van der Waals surface area (Å²) >= 11 is 3.54. The zero-order chi connectivity index (χ0) is 11.5. The Hall–Kier alpha value is -1.22. The number of nitrogens with one attached hydrogen (secondary N) is 1. The van der Waals surface area contributed by atoms with Gasteiger partial charge in [-0.25, -0.2) is 0 Å².